The number of hydrazine groups is 1. The summed E-state index contributed by atoms with van der Waals surface area (Å²) in [6.07, 6.45) is 4.00. The summed E-state index contributed by atoms with van der Waals surface area (Å²) in [4.78, 5) is 34.8. The van der Waals surface area contributed by atoms with Crippen molar-refractivity contribution in [3.8, 4) is 5.82 Å². The van der Waals surface area contributed by atoms with E-state index in [1.54, 1.807) is 36.4 Å². The van der Waals surface area contributed by atoms with Crippen molar-refractivity contribution in [1.82, 2.24) is 35.4 Å². The Balaban J connectivity index is 1.70. The second kappa shape index (κ2) is 7.03. The van der Waals surface area contributed by atoms with E-state index in [0.717, 1.165) is 6.33 Å². The molecule has 0 saturated carbocycles. The molecule has 0 radical (unpaired) electrons. The lowest BCUT2D eigenvalue weighted by molar-refractivity contribution is -0.384. The number of rotatable bonds is 5. The molecule has 0 atom stereocenters. The number of hydrogen-bond acceptors (Lipinski definition) is 9. The lowest BCUT2D eigenvalue weighted by Crippen LogP contribution is -2.30. The number of benzene rings is 1. The quantitative estimate of drug-likeness (QED) is 0.386. The summed E-state index contributed by atoms with van der Waals surface area (Å²) in [6.45, 7) is 0. The third-order valence-electron chi connectivity index (χ3n) is 3.76. The first-order chi connectivity index (χ1) is 13.6. The number of carbonyl (C=O) groups excluding carboxylic acids is 1. The molecule has 12 heteroatoms. The van der Waals surface area contributed by atoms with Crippen LogP contribution in [0.1, 0.15) is 10.4 Å². The number of nitro groups is 1. The molecule has 4 aromatic rings. The van der Waals surface area contributed by atoms with Crippen LogP contribution in [-0.4, -0.2) is 40.8 Å². The standard InChI is InChI=1S/C16H11N9O3/c26-16(10-4-3-7-17-8-10)22-21-14-13(25(27)28)15(19-9-18-14)24-12-6-2-1-5-11(12)20-23-24/h1-9H,(H,22,26)(H,18,19,21). The fraction of sp³-hybridized carbons (Fsp3) is 0. The van der Waals surface area contributed by atoms with E-state index in [2.05, 4.69) is 36.1 Å². The van der Waals surface area contributed by atoms with Gasteiger partial charge in [-0.25, -0.2) is 9.97 Å². The predicted molar refractivity (Wildman–Crippen MR) is 96.4 cm³/mol. The predicted octanol–water partition coefficient (Wildman–Crippen LogP) is 1.27. The van der Waals surface area contributed by atoms with Gasteiger partial charge in [-0.1, -0.05) is 17.3 Å². The highest BCUT2D eigenvalue weighted by molar-refractivity contribution is 5.94. The van der Waals surface area contributed by atoms with Crippen LogP contribution >= 0.6 is 0 Å². The summed E-state index contributed by atoms with van der Waals surface area (Å²) in [5.41, 5.74) is 5.70. The molecule has 3 aromatic heterocycles. The molecule has 138 valence electrons. The van der Waals surface area contributed by atoms with Crippen LogP contribution in [0.15, 0.2) is 55.1 Å². The van der Waals surface area contributed by atoms with Crippen LogP contribution in [0.5, 0.6) is 0 Å². The summed E-state index contributed by atoms with van der Waals surface area (Å²) in [5, 5.41) is 19.6. The highest BCUT2D eigenvalue weighted by Gasteiger charge is 2.26. The SMILES string of the molecule is O=C(NNc1ncnc(-n2nnc3ccccc32)c1[N+](=O)[O-])c1cccnc1. The summed E-state index contributed by atoms with van der Waals surface area (Å²) in [7, 11) is 0. The molecule has 0 aliphatic carbocycles. The van der Waals surface area contributed by atoms with Gasteiger partial charge < -0.3 is 0 Å². The number of para-hydroxylation sites is 1. The molecule has 28 heavy (non-hydrogen) atoms. The molecule has 0 spiro atoms. The Labute approximate surface area is 156 Å². The van der Waals surface area contributed by atoms with E-state index in [1.165, 1.54) is 17.1 Å². The van der Waals surface area contributed by atoms with E-state index in [9.17, 15) is 14.9 Å². The molecular formula is C16H11N9O3. The Morgan fingerprint density at radius 1 is 1.14 bits per heavy atom. The fourth-order valence-electron chi connectivity index (χ4n) is 2.49. The molecule has 0 fully saturated rings. The average Bonchev–Trinajstić information content (AvgIpc) is 3.16. The normalized spacial score (nSPS) is 10.6. The van der Waals surface area contributed by atoms with Gasteiger partial charge in [-0.15, -0.1) is 5.10 Å². The molecule has 2 N–H and O–H groups in total. The van der Waals surface area contributed by atoms with Gasteiger partial charge in [-0.3, -0.25) is 30.7 Å². The number of hydrogen-bond donors (Lipinski definition) is 2. The number of fused-ring (bicyclic) bond motifs is 1. The Hall–Kier alpha value is -4.48. The Morgan fingerprint density at radius 3 is 2.79 bits per heavy atom. The van der Waals surface area contributed by atoms with E-state index in [-0.39, 0.29) is 17.2 Å². The number of nitrogens with one attached hydrogen (secondary N) is 2. The number of amides is 1. The smallest absolute Gasteiger partial charge is 0.276 e. The van der Waals surface area contributed by atoms with Crippen LogP contribution in [-0.2, 0) is 0 Å². The number of anilines is 1. The van der Waals surface area contributed by atoms with Crippen molar-refractivity contribution in [3.63, 3.8) is 0 Å². The molecule has 3 heterocycles. The van der Waals surface area contributed by atoms with E-state index >= 15 is 0 Å². The third-order valence-corrected chi connectivity index (χ3v) is 3.76. The van der Waals surface area contributed by atoms with Gasteiger partial charge in [0, 0.05) is 12.4 Å². The molecule has 12 nitrogen and oxygen atoms in total. The number of aromatic nitrogens is 6. The van der Waals surface area contributed by atoms with E-state index < -0.39 is 16.5 Å². The molecule has 1 amide bonds. The number of nitrogens with zero attached hydrogens (tertiary/aromatic N) is 7. The van der Waals surface area contributed by atoms with E-state index in [4.69, 9.17) is 0 Å². The van der Waals surface area contributed by atoms with Crippen molar-refractivity contribution in [3.05, 3.63) is 70.8 Å². The maximum atomic E-state index is 12.1. The molecule has 1 aromatic carbocycles. The topological polar surface area (TPSA) is 154 Å². The molecule has 0 aliphatic rings. The summed E-state index contributed by atoms with van der Waals surface area (Å²) < 4.78 is 1.24. The van der Waals surface area contributed by atoms with Crippen molar-refractivity contribution in [1.29, 1.82) is 0 Å². The Morgan fingerprint density at radius 2 is 2.00 bits per heavy atom. The zero-order valence-corrected chi connectivity index (χ0v) is 14.1. The third kappa shape index (κ3) is 3.05. The number of pyridine rings is 1. The van der Waals surface area contributed by atoms with Crippen molar-refractivity contribution in [2.24, 2.45) is 0 Å². The first-order valence-electron chi connectivity index (χ1n) is 7.92. The van der Waals surface area contributed by atoms with Crippen molar-refractivity contribution in [2.75, 3.05) is 5.43 Å². The minimum Gasteiger partial charge on any atom is -0.276 e. The molecular weight excluding hydrogens is 366 g/mol. The lowest BCUT2D eigenvalue weighted by atomic mass is 10.3. The van der Waals surface area contributed by atoms with Gasteiger partial charge >= 0.3 is 5.69 Å². The highest BCUT2D eigenvalue weighted by atomic mass is 16.6. The largest absolute Gasteiger partial charge is 0.357 e. The van der Waals surface area contributed by atoms with Gasteiger partial charge in [-0.05, 0) is 24.3 Å². The molecule has 0 saturated heterocycles. The minimum absolute atomic E-state index is 0.0909. The van der Waals surface area contributed by atoms with Crippen LogP contribution < -0.4 is 10.9 Å². The lowest BCUT2D eigenvalue weighted by Gasteiger charge is -2.09. The summed E-state index contributed by atoms with van der Waals surface area (Å²) in [5.74, 6) is -0.826. The van der Waals surface area contributed by atoms with E-state index in [1.807, 2.05) is 0 Å². The van der Waals surface area contributed by atoms with E-state index in [0.29, 0.717) is 11.0 Å². The monoisotopic (exact) mass is 377 g/mol. The molecule has 0 bridgehead atoms. The average molecular weight is 377 g/mol. The van der Waals surface area contributed by atoms with Crippen molar-refractivity contribution < 1.29 is 9.72 Å². The van der Waals surface area contributed by atoms with Gasteiger partial charge in [0.1, 0.15) is 11.8 Å². The van der Waals surface area contributed by atoms with Crippen LogP contribution in [0.4, 0.5) is 11.5 Å². The van der Waals surface area contributed by atoms with Crippen LogP contribution in [0.25, 0.3) is 16.9 Å². The van der Waals surface area contributed by atoms with Crippen LogP contribution in [0.3, 0.4) is 0 Å². The first kappa shape index (κ1) is 17.0. The number of carbonyl (C=O) groups is 1. The summed E-state index contributed by atoms with van der Waals surface area (Å²) in [6, 6.07) is 10.1. The maximum absolute atomic E-state index is 12.1. The van der Waals surface area contributed by atoms with Gasteiger partial charge in [0.2, 0.25) is 11.6 Å². The second-order valence-corrected chi connectivity index (χ2v) is 5.46. The van der Waals surface area contributed by atoms with Gasteiger partial charge in [-0.2, -0.15) is 4.68 Å². The van der Waals surface area contributed by atoms with Crippen molar-refractivity contribution in [2.45, 2.75) is 0 Å². The van der Waals surface area contributed by atoms with Gasteiger partial charge in [0.15, 0.2) is 0 Å². The molecule has 0 aliphatic heterocycles. The second-order valence-electron chi connectivity index (χ2n) is 5.46. The Kier molecular flexibility index (Phi) is 4.26. The van der Waals surface area contributed by atoms with Gasteiger partial charge in [0.25, 0.3) is 5.91 Å². The summed E-state index contributed by atoms with van der Waals surface area (Å²) >= 11 is 0. The van der Waals surface area contributed by atoms with Crippen molar-refractivity contribution >= 4 is 28.4 Å². The minimum atomic E-state index is -0.662. The van der Waals surface area contributed by atoms with Crippen LogP contribution in [0.2, 0.25) is 0 Å². The fourth-order valence-corrected chi connectivity index (χ4v) is 2.49. The Bertz CT molecular complexity index is 1180. The zero-order chi connectivity index (χ0) is 19.5. The highest BCUT2D eigenvalue weighted by Crippen LogP contribution is 2.28. The zero-order valence-electron chi connectivity index (χ0n) is 14.1. The van der Waals surface area contributed by atoms with Crippen LogP contribution in [0, 0.1) is 10.1 Å². The molecule has 0 unspecified atom stereocenters. The molecule has 4 rings (SSSR count). The maximum Gasteiger partial charge on any atom is 0.357 e. The van der Waals surface area contributed by atoms with Gasteiger partial charge in [0.05, 0.1) is 16.0 Å². The first-order valence-corrected chi connectivity index (χ1v) is 7.92.